The molecule has 0 spiro atoms. The van der Waals surface area contributed by atoms with Crippen LogP contribution >= 0.6 is 0 Å². The molecule has 3 saturated heterocycles. The van der Waals surface area contributed by atoms with Crippen LogP contribution in [0.2, 0.25) is 0 Å². The molecule has 0 amide bonds. The zero-order valence-electron chi connectivity index (χ0n) is 35.9. The first-order chi connectivity index (χ1) is 27.8. The molecular formula is C42H61N5O12. The summed E-state index contributed by atoms with van der Waals surface area (Å²) in [5.74, 6) is -8.54. The Kier molecular flexibility index (Phi) is 14.4. The van der Waals surface area contributed by atoms with Crippen molar-refractivity contribution in [2.24, 2.45) is 46.4 Å². The van der Waals surface area contributed by atoms with Gasteiger partial charge in [0.1, 0.15) is 29.8 Å². The highest BCUT2D eigenvalue weighted by atomic mass is 16.7. The number of nitrogens with two attached hydrogens (primary N) is 1. The number of aliphatic hydroxyl groups is 1. The topological polar surface area (TPSA) is 224 Å². The second-order valence-corrected chi connectivity index (χ2v) is 17.0. The van der Waals surface area contributed by atoms with Crippen molar-refractivity contribution in [3.8, 4) is 11.4 Å². The largest absolute Gasteiger partial charge is 0.458 e. The van der Waals surface area contributed by atoms with Gasteiger partial charge in [-0.3, -0.25) is 19.2 Å². The second kappa shape index (κ2) is 18.5. The molecule has 1 aromatic heterocycles. The fraction of sp³-hybridized carbons (Fsp3) is 0.690. The summed E-state index contributed by atoms with van der Waals surface area (Å²) >= 11 is 0. The molecule has 1 aromatic carbocycles. The maximum atomic E-state index is 14.7. The number of ketones is 2. The average Bonchev–Trinajstić information content (AvgIpc) is 3.79. The SMILES string of the molecule is CC[C@H]1OC(=O)[C@H](C)C(=O)[C@H](C)[C@@H](OC2OC(C)CC(N(C)C)C2O)[C@@](C)(OC)C[C@@H](C)C(=O)[C@H](C)C2C(/C(N)=N\OCc3nc(-c4ccccc4)no3)C(=O)O[C@@]21C. The van der Waals surface area contributed by atoms with E-state index in [1.165, 1.54) is 14.0 Å². The number of nitrogens with zero attached hydrogens (tertiary/aromatic N) is 4. The van der Waals surface area contributed by atoms with Gasteiger partial charge in [-0.2, -0.15) is 4.98 Å². The van der Waals surface area contributed by atoms with Crippen LogP contribution in [0, 0.1) is 35.5 Å². The summed E-state index contributed by atoms with van der Waals surface area (Å²) in [5, 5.41) is 19.5. The normalized spacial score (nSPS) is 37.7. The van der Waals surface area contributed by atoms with Crippen molar-refractivity contribution in [1.82, 2.24) is 15.0 Å². The Labute approximate surface area is 345 Å². The van der Waals surface area contributed by atoms with Crippen molar-refractivity contribution in [3.05, 3.63) is 36.2 Å². The predicted molar refractivity (Wildman–Crippen MR) is 212 cm³/mol. The van der Waals surface area contributed by atoms with Crippen molar-refractivity contribution in [2.75, 3.05) is 21.2 Å². The summed E-state index contributed by atoms with van der Waals surface area (Å²) in [7, 11) is 5.16. The molecule has 0 aliphatic carbocycles. The lowest BCUT2D eigenvalue weighted by Gasteiger charge is -2.47. The number of oxime groups is 1. The monoisotopic (exact) mass is 827 g/mol. The highest BCUT2D eigenvalue weighted by Gasteiger charge is 2.62. The summed E-state index contributed by atoms with van der Waals surface area (Å²) in [4.78, 5) is 68.6. The fourth-order valence-electron chi connectivity index (χ4n) is 9.18. The van der Waals surface area contributed by atoms with Crippen LogP contribution in [-0.4, -0.2) is 119 Å². The van der Waals surface area contributed by atoms with E-state index < -0.39 is 89.0 Å². The summed E-state index contributed by atoms with van der Waals surface area (Å²) in [6.07, 6.45) is -3.98. The maximum absolute atomic E-state index is 14.7. The summed E-state index contributed by atoms with van der Waals surface area (Å²) < 4.78 is 36.3. The average molecular weight is 828 g/mol. The molecule has 17 nitrogen and oxygen atoms in total. The van der Waals surface area contributed by atoms with Gasteiger partial charge in [0.15, 0.2) is 30.1 Å². The first-order valence-electron chi connectivity index (χ1n) is 20.3. The van der Waals surface area contributed by atoms with Crippen molar-refractivity contribution < 1.29 is 57.3 Å². The Balaban J connectivity index is 1.49. The number of esters is 2. The van der Waals surface area contributed by atoms with E-state index in [0.717, 1.165) is 5.56 Å². The smallest absolute Gasteiger partial charge is 0.317 e. The van der Waals surface area contributed by atoms with Gasteiger partial charge in [-0.1, -0.05) is 68.3 Å². The molecule has 3 N–H and O–H groups in total. The second-order valence-electron chi connectivity index (χ2n) is 17.0. The van der Waals surface area contributed by atoms with Gasteiger partial charge in [0.25, 0.3) is 5.89 Å². The highest BCUT2D eigenvalue weighted by molar-refractivity contribution is 6.03. The third-order valence-corrected chi connectivity index (χ3v) is 12.5. The van der Waals surface area contributed by atoms with Gasteiger partial charge in [0, 0.05) is 42.4 Å². The molecule has 326 valence electrons. The lowest BCUT2D eigenvalue weighted by Crippen LogP contribution is -2.59. The summed E-state index contributed by atoms with van der Waals surface area (Å²) in [5.41, 5.74) is 4.33. The minimum Gasteiger partial charge on any atom is -0.458 e. The van der Waals surface area contributed by atoms with E-state index in [9.17, 15) is 24.3 Å². The quantitative estimate of drug-likeness (QED) is 0.115. The van der Waals surface area contributed by atoms with Crippen LogP contribution in [0.3, 0.4) is 0 Å². The molecule has 0 radical (unpaired) electrons. The van der Waals surface area contributed by atoms with Crippen molar-refractivity contribution in [1.29, 1.82) is 0 Å². The lowest BCUT2D eigenvalue weighted by molar-refractivity contribution is -0.295. The minimum atomic E-state index is -1.58. The van der Waals surface area contributed by atoms with Gasteiger partial charge in [0.05, 0.1) is 17.8 Å². The Morgan fingerprint density at radius 3 is 2.32 bits per heavy atom. The maximum Gasteiger partial charge on any atom is 0.317 e. The molecule has 6 unspecified atom stereocenters. The number of rotatable bonds is 10. The van der Waals surface area contributed by atoms with Crippen LogP contribution in [0.25, 0.3) is 11.4 Å². The molecule has 59 heavy (non-hydrogen) atoms. The Hall–Kier alpha value is -4.29. The third kappa shape index (κ3) is 9.38. The van der Waals surface area contributed by atoms with E-state index in [-0.39, 0.29) is 49.1 Å². The number of aliphatic hydroxyl groups excluding tert-OH is 1. The number of likely N-dealkylation sites (N-methyl/N-ethyl adjacent to an activating group) is 1. The van der Waals surface area contributed by atoms with Gasteiger partial charge >= 0.3 is 11.9 Å². The molecule has 3 aliphatic heterocycles. The van der Waals surface area contributed by atoms with E-state index in [1.807, 2.05) is 56.3 Å². The number of carbonyl (C=O) groups excluding carboxylic acids is 4. The zero-order valence-corrected chi connectivity index (χ0v) is 35.9. The van der Waals surface area contributed by atoms with Crippen molar-refractivity contribution in [3.63, 3.8) is 0 Å². The molecule has 3 fully saturated rings. The third-order valence-electron chi connectivity index (χ3n) is 12.5. The molecule has 5 rings (SSSR count). The lowest BCUT2D eigenvalue weighted by atomic mass is 9.67. The van der Waals surface area contributed by atoms with Gasteiger partial charge in [-0.15, -0.1) is 0 Å². The molecule has 14 atom stereocenters. The number of ether oxygens (including phenoxy) is 5. The summed E-state index contributed by atoms with van der Waals surface area (Å²) in [6, 6.07) is 8.88. The molecule has 3 aliphatic rings. The van der Waals surface area contributed by atoms with Crippen molar-refractivity contribution in [2.45, 2.75) is 129 Å². The van der Waals surface area contributed by atoms with E-state index in [0.29, 0.717) is 12.2 Å². The van der Waals surface area contributed by atoms with Crippen LogP contribution in [-0.2, 0) is 54.3 Å². The van der Waals surface area contributed by atoms with Gasteiger partial charge in [-0.25, -0.2) is 0 Å². The number of cyclic esters (lactones) is 1. The van der Waals surface area contributed by atoms with Gasteiger partial charge < -0.3 is 48.8 Å². The number of amidine groups is 1. The number of carbonyl (C=O) groups is 4. The Morgan fingerprint density at radius 1 is 1.02 bits per heavy atom. The molecule has 17 heteroatoms. The first-order valence-corrected chi connectivity index (χ1v) is 20.3. The molecule has 0 bridgehead atoms. The zero-order chi connectivity index (χ0) is 43.6. The summed E-state index contributed by atoms with van der Waals surface area (Å²) in [6.45, 7) is 13.2. The highest BCUT2D eigenvalue weighted by Crippen LogP contribution is 2.48. The van der Waals surface area contributed by atoms with Gasteiger partial charge in [0.2, 0.25) is 5.82 Å². The van der Waals surface area contributed by atoms with E-state index in [4.69, 9.17) is 38.8 Å². The molecule has 2 aromatic rings. The van der Waals surface area contributed by atoms with Crippen LogP contribution < -0.4 is 5.73 Å². The number of fused-ring (bicyclic) bond motifs is 1. The number of hydrogen-bond donors (Lipinski definition) is 2. The number of benzene rings is 1. The van der Waals surface area contributed by atoms with E-state index in [1.54, 1.807) is 41.5 Å². The fourth-order valence-corrected chi connectivity index (χ4v) is 9.18. The van der Waals surface area contributed by atoms with E-state index in [2.05, 4.69) is 15.3 Å². The Bertz CT molecular complexity index is 1840. The van der Waals surface area contributed by atoms with Crippen LogP contribution in [0.1, 0.15) is 80.5 Å². The number of Topliss-reactive ketones (excluding diaryl/α,β-unsaturated/α-hetero) is 2. The number of aromatic nitrogens is 2. The Morgan fingerprint density at radius 2 is 1.69 bits per heavy atom. The number of hydrogen-bond acceptors (Lipinski definition) is 16. The van der Waals surface area contributed by atoms with Gasteiger partial charge in [-0.05, 0) is 61.1 Å². The minimum absolute atomic E-state index is 0.0468. The van der Waals surface area contributed by atoms with Crippen LogP contribution in [0.5, 0.6) is 0 Å². The number of methoxy groups -OCH3 is 1. The van der Waals surface area contributed by atoms with Crippen LogP contribution in [0.15, 0.2) is 40.0 Å². The standard InChI is InChI=1S/C42H61N5O12/c1-12-28-42(8)31(30(39(52)58-42)36(43)45-54-20-29-44-37(46-59-29)26-16-14-13-15-17-26)23(4)32(48)21(2)19-41(7,53-11)35(24(5)33(49)25(6)38(51)56-28)57-40-34(50)27(47(9)10)18-22(3)55-40/h13-17,21-25,27-28,30-31,34-35,40,50H,12,18-20H2,1-11H3,(H2,43,45)/t21-,22?,23-,24+,25-,27?,28-,30?,31?,34?,35-,40?,41+,42-/m1/s1. The van der Waals surface area contributed by atoms with E-state index >= 15 is 0 Å². The van der Waals surface area contributed by atoms with Crippen molar-refractivity contribution >= 4 is 29.3 Å². The van der Waals surface area contributed by atoms with Crippen LogP contribution in [0.4, 0.5) is 0 Å². The molecular weight excluding hydrogens is 766 g/mol. The molecule has 0 saturated carbocycles. The first kappa shape index (κ1) is 45.8. The molecule has 4 heterocycles. The predicted octanol–water partition coefficient (Wildman–Crippen LogP) is 3.70.